The molecule has 0 amide bonds. The van der Waals surface area contributed by atoms with Crippen molar-refractivity contribution in [2.45, 2.75) is 0 Å². The van der Waals surface area contributed by atoms with Crippen molar-refractivity contribution in [2.24, 2.45) is 0 Å². The maximum Gasteiger partial charge on any atom is 2.00 e. The molecule has 15 heavy (non-hydrogen) atoms. The van der Waals surface area contributed by atoms with Crippen molar-refractivity contribution in [1.29, 1.82) is 0 Å². The van der Waals surface area contributed by atoms with Gasteiger partial charge >= 0.3 is 21.1 Å². The van der Waals surface area contributed by atoms with E-state index in [0.29, 0.717) is 0 Å². The maximum atomic E-state index is 5.01. The third-order valence-electron chi connectivity index (χ3n) is 1.69. The van der Waals surface area contributed by atoms with E-state index < -0.39 is 0 Å². The van der Waals surface area contributed by atoms with E-state index in [4.69, 9.17) is 9.47 Å². The molecule has 4 nitrogen and oxygen atoms in total. The number of morpholine rings is 2. The fraction of sp³-hybridized carbons (Fsp3) is 1.00. The number of halogens is 2. The van der Waals surface area contributed by atoms with Gasteiger partial charge in [0.1, 0.15) is 0 Å². The van der Waals surface area contributed by atoms with E-state index >= 15 is 0 Å². The summed E-state index contributed by atoms with van der Waals surface area (Å²) >= 11 is 0. The van der Waals surface area contributed by atoms with Gasteiger partial charge in [0.25, 0.3) is 0 Å². The Morgan fingerprint density at radius 3 is 0.933 bits per heavy atom. The predicted molar refractivity (Wildman–Crippen MR) is 47.4 cm³/mol. The fourth-order valence-corrected chi connectivity index (χ4v) is 1.03. The fourth-order valence-electron chi connectivity index (χ4n) is 1.03. The van der Waals surface area contributed by atoms with Crippen LogP contribution in [0.2, 0.25) is 0 Å². The summed E-state index contributed by atoms with van der Waals surface area (Å²) in [5, 5.41) is 6.32. The minimum Gasteiger partial charge on any atom is -1.00 e. The first kappa shape index (κ1) is 21.4. The molecule has 2 aliphatic heterocycles. The summed E-state index contributed by atoms with van der Waals surface area (Å²) in [6.07, 6.45) is 0. The molecule has 0 saturated carbocycles. The Morgan fingerprint density at radius 1 is 0.600 bits per heavy atom. The van der Waals surface area contributed by atoms with Crippen LogP contribution in [0.5, 0.6) is 0 Å². The van der Waals surface area contributed by atoms with Crippen molar-refractivity contribution < 1.29 is 55.4 Å². The van der Waals surface area contributed by atoms with Gasteiger partial charge in [-0.3, -0.25) is 0 Å². The van der Waals surface area contributed by atoms with E-state index in [0.717, 1.165) is 52.6 Å². The van der Waals surface area contributed by atoms with E-state index in [1.54, 1.807) is 0 Å². The molecule has 0 unspecified atom stereocenters. The average molecular weight is 440 g/mol. The Balaban J connectivity index is -0.000000160. The van der Waals surface area contributed by atoms with Crippen molar-refractivity contribution in [3.8, 4) is 0 Å². The monoisotopic (exact) mass is 439 g/mol. The molecule has 0 aromatic rings. The largest absolute Gasteiger partial charge is 2.00 e. The first-order valence-corrected chi connectivity index (χ1v) is 4.57. The third kappa shape index (κ3) is 15.1. The molecule has 2 rings (SSSR count). The molecule has 0 aliphatic carbocycles. The zero-order chi connectivity index (χ0) is 8.49. The van der Waals surface area contributed by atoms with Gasteiger partial charge in [-0.15, -0.1) is 0 Å². The number of rotatable bonds is 0. The standard InChI is InChI=1S/2C4H9NO.2ClH.Pt/c2*1-3-6-4-2-5-1;;;/h2*5H,1-4H2;2*1H;/q;;;;+2/p-2. The molecule has 0 bridgehead atoms. The summed E-state index contributed by atoms with van der Waals surface area (Å²) < 4.78 is 10.0. The van der Waals surface area contributed by atoms with E-state index in [2.05, 4.69) is 10.6 Å². The number of hydrogen-bond donors (Lipinski definition) is 2. The van der Waals surface area contributed by atoms with Crippen LogP contribution < -0.4 is 35.4 Å². The van der Waals surface area contributed by atoms with Gasteiger partial charge in [-0.1, -0.05) is 0 Å². The summed E-state index contributed by atoms with van der Waals surface area (Å²) in [5.74, 6) is 0. The average Bonchev–Trinajstić information content (AvgIpc) is 2.24. The summed E-state index contributed by atoms with van der Waals surface area (Å²) in [7, 11) is 0. The van der Waals surface area contributed by atoms with Gasteiger partial charge in [0.2, 0.25) is 0 Å². The van der Waals surface area contributed by atoms with Gasteiger partial charge in [-0.05, 0) is 0 Å². The molecular weight excluding hydrogens is 422 g/mol. The number of ether oxygens (including phenoxy) is 2. The smallest absolute Gasteiger partial charge is 1.00 e. The minimum atomic E-state index is 0. The van der Waals surface area contributed by atoms with Gasteiger partial charge in [-0.2, -0.15) is 0 Å². The van der Waals surface area contributed by atoms with Crippen molar-refractivity contribution >= 4 is 0 Å². The zero-order valence-corrected chi connectivity index (χ0v) is 12.3. The molecule has 96 valence electrons. The molecule has 2 fully saturated rings. The summed E-state index contributed by atoms with van der Waals surface area (Å²) in [5.41, 5.74) is 0. The quantitative estimate of drug-likeness (QED) is 0.394. The third-order valence-corrected chi connectivity index (χ3v) is 1.69. The molecule has 2 heterocycles. The van der Waals surface area contributed by atoms with Gasteiger partial charge in [0, 0.05) is 26.2 Å². The Hall–Kier alpha value is 1.11. The topological polar surface area (TPSA) is 42.5 Å². The minimum absolute atomic E-state index is 0. The van der Waals surface area contributed by atoms with E-state index in [9.17, 15) is 0 Å². The zero-order valence-electron chi connectivity index (χ0n) is 8.55. The first-order valence-electron chi connectivity index (χ1n) is 4.57. The molecular formula is C8H18Cl2N2O2Pt. The molecule has 2 saturated heterocycles. The van der Waals surface area contributed by atoms with Gasteiger partial charge in [0.15, 0.2) is 0 Å². The van der Waals surface area contributed by atoms with E-state index in [1.165, 1.54) is 0 Å². The Labute approximate surface area is 118 Å². The summed E-state index contributed by atoms with van der Waals surface area (Å²) in [6.45, 7) is 7.67. The van der Waals surface area contributed by atoms with Crippen LogP contribution in [0.15, 0.2) is 0 Å². The number of hydrogen-bond acceptors (Lipinski definition) is 4. The molecule has 7 heteroatoms. The second-order valence-electron chi connectivity index (χ2n) is 2.72. The second-order valence-corrected chi connectivity index (χ2v) is 2.72. The van der Waals surface area contributed by atoms with Crippen LogP contribution in [-0.2, 0) is 30.5 Å². The van der Waals surface area contributed by atoms with Crippen LogP contribution in [-0.4, -0.2) is 52.6 Å². The Bertz CT molecular complexity index is 71.6. The molecule has 0 aromatic carbocycles. The van der Waals surface area contributed by atoms with Crippen LogP contribution in [0.25, 0.3) is 0 Å². The Kier molecular flexibility index (Phi) is 25.0. The maximum absolute atomic E-state index is 5.01. The van der Waals surface area contributed by atoms with Gasteiger partial charge in [-0.25, -0.2) is 0 Å². The molecule has 0 spiro atoms. The van der Waals surface area contributed by atoms with Crippen molar-refractivity contribution in [2.75, 3.05) is 52.6 Å². The van der Waals surface area contributed by atoms with Crippen molar-refractivity contribution in [3.05, 3.63) is 0 Å². The normalized spacial score (nSPS) is 19.2. The molecule has 0 aromatic heterocycles. The van der Waals surface area contributed by atoms with E-state index in [1.807, 2.05) is 0 Å². The SMILES string of the molecule is C1COCCN1.C1COCCN1.[Cl-].[Cl-].[Pt+2]. The molecule has 0 atom stereocenters. The predicted octanol–water partition coefficient (Wildman–Crippen LogP) is -6.78. The van der Waals surface area contributed by atoms with Gasteiger partial charge in [0.05, 0.1) is 26.4 Å². The summed E-state index contributed by atoms with van der Waals surface area (Å²) in [6, 6.07) is 0. The Morgan fingerprint density at radius 2 is 0.867 bits per heavy atom. The summed E-state index contributed by atoms with van der Waals surface area (Å²) in [4.78, 5) is 0. The van der Waals surface area contributed by atoms with Crippen molar-refractivity contribution in [1.82, 2.24) is 10.6 Å². The van der Waals surface area contributed by atoms with Crippen LogP contribution in [0.1, 0.15) is 0 Å². The second kappa shape index (κ2) is 17.5. The van der Waals surface area contributed by atoms with Crippen molar-refractivity contribution in [3.63, 3.8) is 0 Å². The molecule has 0 radical (unpaired) electrons. The first-order chi connectivity index (χ1) is 6.00. The molecule has 2 aliphatic rings. The van der Waals surface area contributed by atoms with Crippen LogP contribution in [0, 0.1) is 0 Å². The van der Waals surface area contributed by atoms with Gasteiger partial charge < -0.3 is 44.9 Å². The molecule has 2 N–H and O–H groups in total. The van der Waals surface area contributed by atoms with E-state index in [-0.39, 0.29) is 45.9 Å². The van der Waals surface area contributed by atoms with Crippen LogP contribution in [0.4, 0.5) is 0 Å². The van der Waals surface area contributed by atoms with Crippen LogP contribution >= 0.6 is 0 Å². The number of nitrogens with one attached hydrogen (secondary N) is 2. The van der Waals surface area contributed by atoms with Crippen LogP contribution in [0.3, 0.4) is 0 Å².